The van der Waals surface area contributed by atoms with Gasteiger partial charge in [0, 0.05) is 30.7 Å². The fraction of sp³-hybridized carbons (Fsp3) is 0.278. The zero-order valence-electron chi connectivity index (χ0n) is 14.2. The second-order valence-corrected chi connectivity index (χ2v) is 5.30. The van der Waals surface area contributed by atoms with Crippen molar-refractivity contribution in [2.45, 2.75) is 20.8 Å². The summed E-state index contributed by atoms with van der Waals surface area (Å²) < 4.78 is 0. The first-order valence-corrected chi connectivity index (χ1v) is 7.94. The topological polar surface area (TPSA) is 74.3 Å². The van der Waals surface area contributed by atoms with Gasteiger partial charge >= 0.3 is 11.8 Å². The van der Waals surface area contributed by atoms with Crippen LogP contribution in [0.25, 0.3) is 0 Å². The highest BCUT2D eigenvalue weighted by Crippen LogP contribution is 2.17. The quantitative estimate of drug-likeness (QED) is 0.829. The molecular formula is C18H22N4O2. The predicted octanol–water partition coefficient (Wildman–Crippen LogP) is 2.81. The number of hydrogen-bond donors (Lipinski definition) is 2. The summed E-state index contributed by atoms with van der Waals surface area (Å²) in [5, 5.41) is 5.09. The number of aromatic nitrogens is 1. The Balaban J connectivity index is 1.99. The molecule has 0 bridgehead atoms. The summed E-state index contributed by atoms with van der Waals surface area (Å²) in [6.07, 6.45) is 1.56. The van der Waals surface area contributed by atoms with Gasteiger partial charge in [-0.25, -0.2) is 4.98 Å². The van der Waals surface area contributed by atoms with Crippen molar-refractivity contribution >= 4 is 29.0 Å². The van der Waals surface area contributed by atoms with Gasteiger partial charge in [-0.1, -0.05) is 6.07 Å². The minimum absolute atomic E-state index is 0.384. The standard InChI is InChI=1S/C18H22N4O2/c1-4-22(5-2)15-10-8-14(9-11-15)20-17(23)18(24)21-16-13(3)7-6-12-19-16/h6-12H,4-5H2,1-3H3,(H,20,23)(H,19,21,24). The largest absolute Gasteiger partial charge is 0.372 e. The summed E-state index contributed by atoms with van der Waals surface area (Å²) in [5.74, 6) is -1.09. The van der Waals surface area contributed by atoms with Gasteiger partial charge in [0.15, 0.2) is 0 Å². The van der Waals surface area contributed by atoms with Gasteiger partial charge in [0.2, 0.25) is 0 Å². The average Bonchev–Trinajstić information content (AvgIpc) is 2.59. The van der Waals surface area contributed by atoms with Gasteiger partial charge in [-0.05, 0) is 56.7 Å². The molecule has 0 saturated carbocycles. The maximum Gasteiger partial charge on any atom is 0.315 e. The number of benzene rings is 1. The number of carbonyl (C=O) groups excluding carboxylic acids is 2. The Bertz CT molecular complexity index is 709. The van der Waals surface area contributed by atoms with Gasteiger partial charge in [0.25, 0.3) is 0 Å². The lowest BCUT2D eigenvalue weighted by atomic mass is 10.2. The Morgan fingerprint density at radius 1 is 1.00 bits per heavy atom. The van der Waals surface area contributed by atoms with Crippen LogP contribution in [0.5, 0.6) is 0 Å². The molecular weight excluding hydrogens is 304 g/mol. The van der Waals surface area contributed by atoms with E-state index in [2.05, 4.69) is 34.4 Å². The number of hydrogen-bond acceptors (Lipinski definition) is 4. The van der Waals surface area contributed by atoms with E-state index < -0.39 is 11.8 Å². The monoisotopic (exact) mass is 326 g/mol. The average molecular weight is 326 g/mol. The molecule has 24 heavy (non-hydrogen) atoms. The Labute approximate surface area is 141 Å². The number of pyridine rings is 1. The molecule has 6 heteroatoms. The first kappa shape index (κ1) is 17.5. The number of aryl methyl sites for hydroxylation is 1. The number of carbonyl (C=O) groups is 2. The van der Waals surface area contributed by atoms with Crippen molar-refractivity contribution in [3.8, 4) is 0 Å². The van der Waals surface area contributed by atoms with Crippen molar-refractivity contribution in [3.05, 3.63) is 48.2 Å². The highest BCUT2D eigenvalue weighted by Gasteiger charge is 2.15. The van der Waals surface area contributed by atoms with Crippen LogP contribution < -0.4 is 15.5 Å². The molecule has 1 aromatic heterocycles. The summed E-state index contributed by atoms with van der Waals surface area (Å²) >= 11 is 0. The number of nitrogens with one attached hydrogen (secondary N) is 2. The number of rotatable bonds is 5. The molecule has 0 aliphatic rings. The molecule has 2 N–H and O–H groups in total. The van der Waals surface area contributed by atoms with E-state index in [9.17, 15) is 9.59 Å². The fourth-order valence-electron chi connectivity index (χ4n) is 2.31. The van der Waals surface area contributed by atoms with E-state index in [0.717, 1.165) is 24.3 Å². The van der Waals surface area contributed by atoms with E-state index >= 15 is 0 Å². The lowest BCUT2D eigenvalue weighted by Crippen LogP contribution is -2.29. The van der Waals surface area contributed by atoms with E-state index in [0.29, 0.717) is 11.5 Å². The third-order valence-electron chi connectivity index (χ3n) is 3.70. The highest BCUT2D eigenvalue weighted by atomic mass is 16.2. The molecule has 2 aromatic rings. The van der Waals surface area contributed by atoms with Gasteiger partial charge in [0.1, 0.15) is 5.82 Å². The molecule has 2 rings (SSSR count). The van der Waals surface area contributed by atoms with E-state index in [1.165, 1.54) is 0 Å². The molecule has 0 fully saturated rings. The van der Waals surface area contributed by atoms with E-state index in [1.54, 1.807) is 24.4 Å². The fourth-order valence-corrected chi connectivity index (χ4v) is 2.31. The summed E-state index contributed by atoms with van der Waals surface area (Å²) in [6, 6.07) is 11.0. The highest BCUT2D eigenvalue weighted by molar-refractivity contribution is 6.43. The minimum atomic E-state index is -0.746. The maximum absolute atomic E-state index is 12.0. The molecule has 0 aliphatic carbocycles. The molecule has 0 unspecified atom stereocenters. The van der Waals surface area contributed by atoms with Gasteiger partial charge < -0.3 is 15.5 Å². The van der Waals surface area contributed by atoms with Gasteiger partial charge in [0.05, 0.1) is 0 Å². The number of nitrogens with zero attached hydrogens (tertiary/aromatic N) is 2. The Kier molecular flexibility index (Phi) is 5.89. The molecule has 1 heterocycles. The Morgan fingerprint density at radius 3 is 2.21 bits per heavy atom. The van der Waals surface area contributed by atoms with Crippen molar-refractivity contribution < 1.29 is 9.59 Å². The van der Waals surface area contributed by atoms with Crippen LogP contribution in [0.4, 0.5) is 17.2 Å². The van der Waals surface area contributed by atoms with Crippen LogP contribution in [-0.4, -0.2) is 29.9 Å². The molecule has 0 saturated heterocycles. The summed E-state index contributed by atoms with van der Waals surface area (Å²) in [7, 11) is 0. The zero-order valence-corrected chi connectivity index (χ0v) is 14.2. The molecule has 2 amide bonds. The SMILES string of the molecule is CCN(CC)c1ccc(NC(=O)C(=O)Nc2ncccc2C)cc1. The van der Waals surface area contributed by atoms with E-state index in [1.807, 2.05) is 25.1 Å². The van der Waals surface area contributed by atoms with Crippen LogP contribution in [0.2, 0.25) is 0 Å². The number of anilines is 3. The van der Waals surface area contributed by atoms with E-state index in [4.69, 9.17) is 0 Å². The van der Waals surface area contributed by atoms with Gasteiger partial charge in [-0.15, -0.1) is 0 Å². The lowest BCUT2D eigenvalue weighted by Gasteiger charge is -2.21. The van der Waals surface area contributed by atoms with Crippen molar-refractivity contribution in [2.24, 2.45) is 0 Å². The third kappa shape index (κ3) is 4.32. The van der Waals surface area contributed by atoms with Gasteiger partial charge in [-0.2, -0.15) is 0 Å². The minimum Gasteiger partial charge on any atom is -0.372 e. The van der Waals surface area contributed by atoms with Crippen molar-refractivity contribution in [1.82, 2.24) is 4.98 Å². The first-order valence-electron chi connectivity index (χ1n) is 7.94. The lowest BCUT2D eigenvalue weighted by molar-refractivity contribution is -0.133. The van der Waals surface area contributed by atoms with Crippen LogP contribution in [0.3, 0.4) is 0 Å². The maximum atomic E-state index is 12.0. The van der Waals surface area contributed by atoms with E-state index in [-0.39, 0.29) is 0 Å². The van der Waals surface area contributed by atoms with Crippen LogP contribution >= 0.6 is 0 Å². The van der Waals surface area contributed by atoms with Crippen LogP contribution in [-0.2, 0) is 9.59 Å². The summed E-state index contributed by atoms with van der Waals surface area (Å²) in [4.78, 5) is 30.2. The normalized spacial score (nSPS) is 10.1. The van der Waals surface area contributed by atoms with Crippen molar-refractivity contribution in [2.75, 3.05) is 28.6 Å². The molecule has 1 aromatic carbocycles. The van der Waals surface area contributed by atoms with Gasteiger partial charge in [-0.3, -0.25) is 9.59 Å². The van der Waals surface area contributed by atoms with Crippen molar-refractivity contribution in [1.29, 1.82) is 0 Å². The zero-order chi connectivity index (χ0) is 17.5. The van der Waals surface area contributed by atoms with Crippen molar-refractivity contribution in [3.63, 3.8) is 0 Å². The Hall–Kier alpha value is -2.89. The first-order chi connectivity index (χ1) is 11.5. The van der Waals surface area contributed by atoms with Crippen LogP contribution in [0, 0.1) is 6.92 Å². The second-order valence-electron chi connectivity index (χ2n) is 5.30. The smallest absolute Gasteiger partial charge is 0.315 e. The third-order valence-corrected chi connectivity index (χ3v) is 3.70. The summed E-state index contributed by atoms with van der Waals surface area (Å²) in [5.41, 5.74) is 2.44. The predicted molar refractivity (Wildman–Crippen MR) is 96.2 cm³/mol. The molecule has 0 atom stereocenters. The Morgan fingerprint density at radius 2 is 1.62 bits per heavy atom. The number of amides is 2. The molecule has 126 valence electrons. The molecule has 6 nitrogen and oxygen atoms in total. The molecule has 0 spiro atoms. The molecule has 0 aliphatic heterocycles. The van der Waals surface area contributed by atoms with Crippen LogP contribution in [0.1, 0.15) is 19.4 Å². The summed E-state index contributed by atoms with van der Waals surface area (Å²) in [6.45, 7) is 7.81. The second kappa shape index (κ2) is 8.10. The van der Waals surface area contributed by atoms with Crippen LogP contribution in [0.15, 0.2) is 42.6 Å². The molecule has 0 radical (unpaired) electrons.